The van der Waals surface area contributed by atoms with Crippen molar-refractivity contribution in [1.82, 2.24) is 4.90 Å². The molecule has 170 valence electrons. The predicted octanol–water partition coefficient (Wildman–Crippen LogP) is 4.85. The summed E-state index contributed by atoms with van der Waals surface area (Å²) in [6.07, 6.45) is 2.51. The number of anilines is 1. The zero-order valence-corrected chi connectivity index (χ0v) is 19.5. The molecule has 5 nitrogen and oxygen atoms in total. The number of amides is 1. The first kappa shape index (κ1) is 21.7. The highest BCUT2D eigenvalue weighted by atomic mass is 32.2. The minimum absolute atomic E-state index is 0.103. The van der Waals surface area contributed by atoms with Gasteiger partial charge in [-0.1, -0.05) is 54.6 Å². The van der Waals surface area contributed by atoms with Gasteiger partial charge in [0.1, 0.15) is 0 Å². The maximum atomic E-state index is 13.6. The van der Waals surface area contributed by atoms with Crippen molar-refractivity contribution in [2.45, 2.75) is 43.0 Å². The Morgan fingerprint density at radius 2 is 1.58 bits per heavy atom. The van der Waals surface area contributed by atoms with Crippen molar-refractivity contribution in [1.29, 1.82) is 0 Å². The molecule has 5 rings (SSSR count). The molecule has 0 N–H and O–H groups in total. The van der Waals surface area contributed by atoms with Crippen LogP contribution in [-0.2, 0) is 16.4 Å². The van der Waals surface area contributed by atoms with Crippen molar-refractivity contribution in [3.05, 3.63) is 95.6 Å². The number of benzene rings is 3. The number of fused-ring (bicyclic) bond motifs is 1. The first-order chi connectivity index (χ1) is 15.9. The Bertz CT molecular complexity index is 1270. The van der Waals surface area contributed by atoms with E-state index < -0.39 is 10.0 Å². The number of rotatable bonds is 4. The Kier molecular flexibility index (Phi) is 5.71. The minimum atomic E-state index is -3.77. The average Bonchev–Trinajstić information content (AvgIpc) is 3.21. The van der Waals surface area contributed by atoms with Crippen LogP contribution in [0.4, 0.5) is 5.69 Å². The van der Waals surface area contributed by atoms with Crippen LogP contribution in [0.1, 0.15) is 47.2 Å². The lowest BCUT2D eigenvalue weighted by atomic mass is 9.89. The van der Waals surface area contributed by atoms with Crippen LogP contribution in [0.25, 0.3) is 0 Å². The van der Waals surface area contributed by atoms with Gasteiger partial charge in [0.15, 0.2) is 0 Å². The third-order valence-corrected chi connectivity index (χ3v) is 8.76. The van der Waals surface area contributed by atoms with Gasteiger partial charge in [-0.2, -0.15) is 0 Å². The van der Waals surface area contributed by atoms with E-state index in [0.29, 0.717) is 31.0 Å². The molecule has 2 heterocycles. The largest absolute Gasteiger partial charge is 0.339 e. The lowest BCUT2D eigenvalue weighted by Gasteiger charge is -2.32. The molecule has 0 spiro atoms. The van der Waals surface area contributed by atoms with Gasteiger partial charge in [-0.25, -0.2) is 8.42 Å². The molecule has 0 aromatic heterocycles. The van der Waals surface area contributed by atoms with Crippen LogP contribution in [0, 0.1) is 0 Å². The monoisotopic (exact) mass is 460 g/mol. The molecule has 0 saturated carbocycles. The fourth-order valence-electron chi connectivity index (χ4n) is 5.13. The highest BCUT2D eigenvalue weighted by molar-refractivity contribution is 7.92. The van der Waals surface area contributed by atoms with E-state index in [1.165, 1.54) is 15.9 Å². The molecule has 6 heteroatoms. The van der Waals surface area contributed by atoms with Gasteiger partial charge in [0.2, 0.25) is 0 Å². The SMILES string of the molecule is CC1Cc2ccccc2N1S(=O)(=O)c1cccc(C(=O)N2CCC(c3ccccc3)CC2)c1. The predicted molar refractivity (Wildman–Crippen MR) is 130 cm³/mol. The van der Waals surface area contributed by atoms with Crippen molar-refractivity contribution in [3.8, 4) is 0 Å². The Hall–Kier alpha value is -3.12. The van der Waals surface area contributed by atoms with E-state index in [1.807, 2.05) is 42.2 Å². The topological polar surface area (TPSA) is 57.7 Å². The fraction of sp³-hybridized carbons (Fsp3) is 0.296. The highest BCUT2D eigenvalue weighted by Gasteiger charge is 2.36. The van der Waals surface area contributed by atoms with Crippen molar-refractivity contribution < 1.29 is 13.2 Å². The molecule has 0 aliphatic carbocycles. The van der Waals surface area contributed by atoms with E-state index in [9.17, 15) is 13.2 Å². The van der Waals surface area contributed by atoms with E-state index in [2.05, 4.69) is 24.3 Å². The van der Waals surface area contributed by atoms with E-state index in [4.69, 9.17) is 0 Å². The summed E-state index contributed by atoms with van der Waals surface area (Å²) in [7, 11) is -3.77. The number of piperidine rings is 1. The summed E-state index contributed by atoms with van der Waals surface area (Å²) in [4.78, 5) is 15.2. The maximum absolute atomic E-state index is 13.6. The van der Waals surface area contributed by atoms with Crippen LogP contribution in [-0.4, -0.2) is 38.4 Å². The number of hydrogen-bond acceptors (Lipinski definition) is 3. The summed E-state index contributed by atoms with van der Waals surface area (Å²) in [5.41, 5.74) is 3.50. The van der Waals surface area contributed by atoms with Gasteiger partial charge in [-0.15, -0.1) is 0 Å². The number of hydrogen-bond donors (Lipinski definition) is 0. The van der Waals surface area contributed by atoms with Gasteiger partial charge in [0.25, 0.3) is 15.9 Å². The number of carbonyl (C=O) groups is 1. The van der Waals surface area contributed by atoms with Crippen molar-refractivity contribution in [2.75, 3.05) is 17.4 Å². The molecule has 0 radical (unpaired) electrons. The standard InChI is InChI=1S/C27H28N2O3S/c1-20-18-23-10-5-6-13-26(23)29(20)33(31,32)25-12-7-11-24(19-25)27(30)28-16-14-22(15-17-28)21-8-3-2-4-9-21/h2-13,19-20,22H,14-18H2,1H3. The molecule has 2 aliphatic heterocycles. The van der Waals surface area contributed by atoms with Gasteiger partial charge < -0.3 is 4.90 Å². The van der Waals surface area contributed by atoms with Crippen molar-refractivity contribution >= 4 is 21.6 Å². The molecule has 3 aromatic rings. The molecule has 3 aromatic carbocycles. The van der Waals surface area contributed by atoms with Gasteiger partial charge in [0.05, 0.1) is 10.6 Å². The summed E-state index contributed by atoms with van der Waals surface area (Å²) in [6.45, 7) is 3.27. The molecule has 1 atom stereocenters. The molecule has 1 unspecified atom stereocenters. The molecule has 2 aliphatic rings. The number of para-hydroxylation sites is 1. The second kappa shape index (κ2) is 8.67. The van der Waals surface area contributed by atoms with Crippen LogP contribution < -0.4 is 4.31 Å². The number of nitrogens with zero attached hydrogens (tertiary/aromatic N) is 2. The third-order valence-electron chi connectivity index (χ3n) is 6.84. The van der Waals surface area contributed by atoms with Crippen LogP contribution in [0.3, 0.4) is 0 Å². The summed E-state index contributed by atoms with van der Waals surface area (Å²) in [5, 5.41) is 0. The Morgan fingerprint density at radius 1 is 0.879 bits per heavy atom. The smallest absolute Gasteiger partial charge is 0.264 e. The normalized spacial score (nSPS) is 18.9. The second-order valence-corrected chi connectivity index (χ2v) is 10.8. The number of likely N-dealkylation sites (tertiary alicyclic amines) is 1. The summed E-state index contributed by atoms with van der Waals surface area (Å²) >= 11 is 0. The van der Waals surface area contributed by atoms with E-state index in [0.717, 1.165) is 24.1 Å². The van der Waals surface area contributed by atoms with Crippen molar-refractivity contribution in [3.63, 3.8) is 0 Å². The highest BCUT2D eigenvalue weighted by Crippen LogP contribution is 2.36. The zero-order chi connectivity index (χ0) is 23.0. The quantitative estimate of drug-likeness (QED) is 0.559. The van der Waals surface area contributed by atoms with E-state index in [-0.39, 0.29) is 16.8 Å². The molecular formula is C27H28N2O3S. The molecule has 1 amide bonds. The second-order valence-electron chi connectivity index (χ2n) is 8.99. The summed E-state index contributed by atoms with van der Waals surface area (Å²) in [5.74, 6) is 0.354. The fourth-order valence-corrected chi connectivity index (χ4v) is 6.87. The molecule has 1 fully saturated rings. The Balaban J connectivity index is 1.35. The number of sulfonamides is 1. The lowest BCUT2D eigenvalue weighted by molar-refractivity contribution is 0.0712. The minimum Gasteiger partial charge on any atom is -0.339 e. The lowest BCUT2D eigenvalue weighted by Crippen LogP contribution is -2.38. The third kappa shape index (κ3) is 4.04. The molecule has 1 saturated heterocycles. The van der Waals surface area contributed by atoms with Crippen LogP contribution in [0.2, 0.25) is 0 Å². The Morgan fingerprint density at radius 3 is 2.33 bits per heavy atom. The molecule has 0 bridgehead atoms. The number of carbonyl (C=O) groups excluding carboxylic acids is 1. The molecule has 33 heavy (non-hydrogen) atoms. The van der Waals surface area contributed by atoms with Crippen molar-refractivity contribution in [2.24, 2.45) is 0 Å². The van der Waals surface area contributed by atoms with Gasteiger partial charge >= 0.3 is 0 Å². The van der Waals surface area contributed by atoms with Gasteiger partial charge in [-0.05, 0) is 67.5 Å². The Labute approximate surface area is 195 Å². The van der Waals surface area contributed by atoms with Crippen LogP contribution >= 0.6 is 0 Å². The van der Waals surface area contributed by atoms with E-state index >= 15 is 0 Å². The molecular weight excluding hydrogens is 432 g/mol. The van der Waals surface area contributed by atoms with Crippen LogP contribution in [0.15, 0.2) is 83.8 Å². The summed E-state index contributed by atoms with van der Waals surface area (Å²) in [6, 6.07) is 24.4. The van der Waals surface area contributed by atoms with Crippen LogP contribution in [0.5, 0.6) is 0 Å². The first-order valence-corrected chi connectivity index (χ1v) is 13.0. The van der Waals surface area contributed by atoms with Gasteiger partial charge in [-0.3, -0.25) is 9.10 Å². The van der Waals surface area contributed by atoms with E-state index in [1.54, 1.807) is 18.2 Å². The summed E-state index contributed by atoms with van der Waals surface area (Å²) < 4.78 is 28.6. The van der Waals surface area contributed by atoms with Gasteiger partial charge in [0, 0.05) is 24.7 Å². The first-order valence-electron chi connectivity index (χ1n) is 11.5. The maximum Gasteiger partial charge on any atom is 0.264 e. The average molecular weight is 461 g/mol. The zero-order valence-electron chi connectivity index (χ0n) is 18.7.